The Labute approximate surface area is 127 Å². The van der Waals surface area contributed by atoms with Crippen molar-refractivity contribution in [3.63, 3.8) is 0 Å². The molecule has 7 heteroatoms. The molecule has 0 aromatic heterocycles. The molecule has 0 spiro atoms. The van der Waals surface area contributed by atoms with Gasteiger partial charge < -0.3 is 10.2 Å². The fourth-order valence-electron chi connectivity index (χ4n) is 2.22. The van der Waals surface area contributed by atoms with E-state index in [-0.39, 0.29) is 36.2 Å². The van der Waals surface area contributed by atoms with Gasteiger partial charge in [0.15, 0.2) is 0 Å². The maximum atomic E-state index is 13.0. The fraction of sp³-hybridized carbons (Fsp3) is 0.429. The summed E-state index contributed by atoms with van der Waals surface area (Å²) in [4.78, 5) is 26.8. The van der Waals surface area contributed by atoms with Crippen molar-refractivity contribution in [3.8, 4) is 0 Å². The number of benzene rings is 1. The molecule has 1 N–H and O–H groups in total. The van der Waals surface area contributed by atoms with Gasteiger partial charge in [0.05, 0.1) is 12.7 Å². The highest BCUT2D eigenvalue weighted by Crippen LogP contribution is 2.24. The number of carbonyl (C=O) groups excluding carboxylic acids is 2. The summed E-state index contributed by atoms with van der Waals surface area (Å²) in [6.07, 6.45) is 0. The van der Waals surface area contributed by atoms with Crippen LogP contribution < -0.4 is 5.32 Å². The van der Waals surface area contributed by atoms with E-state index in [9.17, 15) is 14.0 Å². The van der Waals surface area contributed by atoms with E-state index in [0.29, 0.717) is 12.1 Å². The minimum absolute atomic E-state index is 0.0693. The average molecular weight is 314 g/mol. The predicted octanol–water partition coefficient (Wildman–Crippen LogP) is 2.37. The van der Waals surface area contributed by atoms with Crippen LogP contribution >= 0.6 is 11.6 Å². The summed E-state index contributed by atoms with van der Waals surface area (Å²) >= 11 is 5.97. The minimum Gasteiger partial charge on any atom is -0.331 e. The highest BCUT2D eigenvalue weighted by molar-refractivity contribution is 6.31. The zero-order chi connectivity index (χ0) is 15.6. The van der Waals surface area contributed by atoms with Crippen LogP contribution in [0.4, 0.5) is 9.18 Å². The van der Waals surface area contributed by atoms with Gasteiger partial charge >= 0.3 is 6.03 Å². The largest absolute Gasteiger partial charge is 0.331 e. The Hall–Kier alpha value is -1.82. The Morgan fingerprint density at radius 2 is 2.24 bits per heavy atom. The number of halogens is 2. The molecule has 5 nitrogen and oxygen atoms in total. The van der Waals surface area contributed by atoms with Crippen LogP contribution in [0.3, 0.4) is 0 Å². The normalized spacial score (nSPS) is 16.3. The number of nitrogens with one attached hydrogen (secondary N) is 1. The van der Waals surface area contributed by atoms with Crippen molar-refractivity contribution in [2.45, 2.75) is 19.9 Å². The zero-order valence-corrected chi connectivity index (χ0v) is 12.7. The average Bonchev–Trinajstić information content (AvgIpc) is 2.79. The van der Waals surface area contributed by atoms with Crippen molar-refractivity contribution in [2.75, 3.05) is 19.8 Å². The van der Waals surface area contributed by atoms with Crippen LogP contribution in [0.5, 0.6) is 0 Å². The van der Waals surface area contributed by atoms with Crippen LogP contribution in [-0.2, 0) is 4.79 Å². The lowest BCUT2D eigenvalue weighted by Crippen LogP contribution is -2.40. The molecule has 1 saturated heterocycles. The van der Waals surface area contributed by atoms with Crippen molar-refractivity contribution in [2.24, 2.45) is 0 Å². The van der Waals surface area contributed by atoms with E-state index in [0.717, 1.165) is 0 Å². The topological polar surface area (TPSA) is 52.6 Å². The van der Waals surface area contributed by atoms with Gasteiger partial charge in [0.25, 0.3) is 0 Å². The molecule has 1 heterocycles. The molecule has 1 aromatic rings. The van der Waals surface area contributed by atoms with E-state index in [4.69, 9.17) is 11.6 Å². The molecule has 2 rings (SSSR count). The third-order valence-electron chi connectivity index (χ3n) is 3.46. The zero-order valence-electron chi connectivity index (χ0n) is 11.9. The molecule has 114 valence electrons. The van der Waals surface area contributed by atoms with E-state index < -0.39 is 5.82 Å². The maximum absolute atomic E-state index is 13.0. The molecular weight excluding hydrogens is 297 g/mol. The van der Waals surface area contributed by atoms with Crippen molar-refractivity contribution in [3.05, 3.63) is 34.6 Å². The molecule has 1 atom stereocenters. The lowest BCUT2D eigenvalue weighted by Gasteiger charge is -2.21. The standard InChI is InChI=1S/C14H17ClFN3O2/c1-3-18-8-19(7-13(18)20)14(21)17-9(2)11-5-4-10(16)6-12(11)15/h4-6,9H,3,7-8H2,1-2H3,(H,17,21). The van der Waals surface area contributed by atoms with Crippen LogP contribution in [0.25, 0.3) is 0 Å². The first kappa shape index (κ1) is 15.6. The summed E-state index contributed by atoms with van der Waals surface area (Å²) in [6, 6.07) is 3.32. The molecule has 1 aromatic carbocycles. The summed E-state index contributed by atoms with van der Waals surface area (Å²) in [6.45, 7) is 4.54. The van der Waals surface area contributed by atoms with Gasteiger partial charge in [-0.05, 0) is 31.5 Å². The first-order chi connectivity index (χ1) is 9.92. The number of rotatable bonds is 3. The third-order valence-corrected chi connectivity index (χ3v) is 3.79. The third kappa shape index (κ3) is 3.44. The lowest BCUT2D eigenvalue weighted by atomic mass is 10.1. The van der Waals surface area contributed by atoms with Gasteiger partial charge in [0.2, 0.25) is 5.91 Å². The summed E-state index contributed by atoms with van der Waals surface area (Å²) in [5, 5.41) is 3.02. The number of amides is 3. The van der Waals surface area contributed by atoms with Gasteiger partial charge in [-0.15, -0.1) is 0 Å². The summed E-state index contributed by atoms with van der Waals surface area (Å²) in [5.74, 6) is -0.494. The number of hydrogen-bond acceptors (Lipinski definition) is 2. The Kier molecular flexibility index (Phi) is 4.67. The van der Waals surface area contributed by atoms with Gasteiger partial charge in [-0.1, -0.05) is 17.7 Å². The fourth-order valence-corrected chi connectivity index (χ4v) is 2.55. The number of nitrogens with zero attached hydrogens (tertiary/aromatic N) is 2. The second-order valence-corrected chi connectivity index (χ2v) is 5.33. The summed E-state index contributed by atoms with van der Waals surface area (Å²) in [5.41, 5.74) is 0.629. The summed E-state index contributed by atoms with van der Waals surface area (Å²) in [7, 11) is 0. The van der Waals surface area contributed by atoms with Crippen molar-refractivity contribution < 1.29 is 14.0 Å². The summed E-state index contributed by atoms with van der Waals surface area (Å²) < 4.78 is 13.0. The number of likely N-dealkylation sites (N-methyl/N-ethyl adjacent to an activating group) is 1. The Morgan fingerprint density at radius 1 is 1.52 bits per heavy atom. The second kappa shape index (κ2) is 6.30. The van der Waals surface area contributed by atoms with E-state index >= 15 is 0 Å². The van der Waals surface area contributed by atoms with E-state index in [1.807, 2.05) is 6.92 Å². The highest BCUT2D eigenvalue weighted by atomic mass is 35.5. The quantitative estimate of drug-likeness (QED) is 0.931. The number of carbonyl (C=O) groups is 2. The van der Waals surface area contributed by atoms with Crippen molar-refractivity contribution in [1.29, 1.82) is 0 Å². The van der Waals surface area contributed by atoms with E-state index in [1.54, 1.807) is 11.8 Å². The monoisotopic (exact) mass is 313 g/mol. The van der Waals surface area contributed by atoms with Crippen LogP contribution in [0.1, 0.15) is 25.5 Å². The Balaban J connectivity index is 2.01. The van der Waals surface area contributed by atoms with Gasteiger partial charge in [-0.25, -0.2) is 9.18 Å². The van der Waals surface area contributed by atoms with Gasteiger partial charge in [-0.3, -0.25) is 9.69 Å². The predicted molar refractivity (Wildman–Crippen MR) is 77.3 cm³/mol. The Morgan fingerprint density at radius 3 is 2.81 bits per heavy atom. The molecule has 0 aliphatic carbocycles. The van der Waals surface area contributed by atoms with E-state index in [1.165, 1.54) is 23.1 Å². The van der Waals surface area contributed by atoms with Crippen LogP contribution in [0.15, 0.2) is 18.2 Å². The first-order valence-corrected chi connectivity index (χ1v) is 7.08. The van der Waals surface area contributed by atoms with E-state index in [2.05, 4.69) is 5.32 Å². The molecular formula is C14H17ClFN3O2. The molecule has 0 bridgehead atoms. The van der Waals surface area contributed by atoms with Gasteiger partial charge in [0, 0.05) is 11.6 Å². The van der Waals surface area contributed by atoms with Crippen molar-refractivity contribution >= 4 is 23.5 Å². The first-order valence-electron chi connectivity index (χ1n) is 6.70. The number of urea groups is 1. The van der Waals surface area contributed by atoms with Crippen LogP contribution in [0, 0.1) is 5.82 Å². The second-order valence-electron chi connectivity index (χ2n) is 4.93. The molecule has 1 unspecified atom stereocenters. The molecule has 1 aliphatic heterocycles. The van der Waals surface area contributed by atoms with Crippen LogP contribution in [0.2, 0.25) is 5.02 Å². The van der Waals surface area contributed by atoms with Gasteiger partial charge in [-0.2, -0.15) is 0 Å². The molecule has 3 amide bonds. The number of hydrogen-bond donors (Lipinski definition) is 1. The lowest BCUT2D eigenvalue weighted by molar-refractivity contribution is -0.126. The van der Waals surface area contributed by atoms with Crippen molar-refractivity contribution in [1.82, 2.24) is 15.1 Å². The highest BCUT2D eigenvalue weighted by Gasteiger charge is 2.30. The molecule has 1 aliphatic rings. The molecule has 21 heavy (non-hydrogen) atoms. The minimum atomic E-state index is -0.425. The smallest absolute Gasteiger partial charge is 0.319 e. The molecule has 1 fully saturated rings. The SMILES string of the molecule is CCN1CN(C(=O)NC(C)c2ccc(F)cc2Cl)CC1=O. The Bertz CT molecular complexity index is 567. The maximum Gasteiger partial charge on any atom is 0.319 e. The molecule has 0 radical (unpaired) electrons. The van der Waals surface area contributed by atoms with Crippen LogP contribution in [-0.4, -0.2) is 41.5 Å². The molecule has 0 saturated carbocycles. The van der Waals surface area contributed by atoms with Gasteiger partial charge in [0.1, 0.15) is 12.4 Å².